The predicted molar refractivity (Wildman–Crippen MR) is 84.5 cm³/mol. The molecule has 8 nitrogen and oxygen atoms in total. The summed E-state index contributed by atoms with van der Waals surface area (Å²) in [6.07, 6.45) is 2.89. The molecule has 2 fully saturated rings. The van der Waals surface area contributed by atoms with Gasteiger partial charge in [-0.3, -0.25) is 10.1 Å². The molecule has 8 heteroatoms. The van der Waals surface area contributed by atoms with Gasteiger partial charge in [-0.05, 0) is 31.2 Å². The number of methoxy groups -OCH3 is 1. The van der Waals surface area contributed by atoms with Crippen molar-refractivity contribution >= 4 is 11.4 Å². The van der Waals surface area contributed by atoms with Crippen molar-refractivity contribution in [3.05, 3.63) is 46.2 Å². The van der Waals surface area contributed by atoms with Gasteiger partial charge in [-0.1, -0.05) is 12.1 Å². The number of ether oxygens (including phenoxy) is 1. The molecule has 24 heavy (non-hydrogen) atoms. The molecule has 2 aliphatic rings. The van der Waals surface area contributed by atoms with Gasteiger partial charge >= 0.3 is 0 Å². The third kappa shape index (κ3) is 2.02. The van der Waals surface area contributed by atoms with Gasteiger partial charge in [-0.2, -0.15) is 0 Å². The van der Waals surface area contributed by atoms with Crippen LogP contribution in [-0.2, 0) is 16.9 Å². The summed E-state index contributed by atoms with van der Waals surface area (Å²) in [5.41, 5.74) is 0.308. The third-order valence-electron chi connectivity index (χ3n) is 5.21. The van der Waals surface area contributed by atoms with Crippen molar-refractivity contribution in [1.29, 1.82) is 0 Å². The second kappa shape index (κ2) is 5.55. The topological polar surface area (TPSA) is 94.5 Å². The number of nitrogens with zero attached hydrogens (tertiary/aromatic N) is 4. The van der Waals surface area contributed by atoms with Crippen LogP contribution in [-0.4, -0.2) is 28.8 Å². The number of hydrogen-bond acceptors (Lipinski definition) is 7. The Hall–Kier alpha value is -2.48. The first kappa shape index (κ1) is 15.1. The largest absolute Gasteiger partial charge is 0.420 e. The van der Waals surface area contributed by atoms with Crippen molar-refractivity contribution in [3.63, 3.8) is 0 Å². The summed E-state index contributed by atoms with van der Waals surface area (Å²) in [5.74, 6) is 1.36. The van der Waals surface area contributed by atoms with Crippen LogP contribution >= 0.6 is 0 Å². The molecule has 1 aliphatic heterocycles. The smallest absolute Gasteiger partial charge is 0.292 e. The number of nitro groups is 1. The molecule has 4 rings (SSSR count). The van der Waals surface area contributed by atoms with E-state index in [4.69, 9.17) is 9.15 Å². The first-order valence-electron chi connectivity index (χ1n) is 7.99. The second-order valence-corrected chi connectivity index (χ2v) is 6.28. The highest BCUT2D eigenvalue weighted by Crippen LogP contribution is 2.58. The Labute approximate surface area is 138 Å². The lowest BCUT2D eigenvalue weighted by atomic mass is 9.67. The van der Waals surface area contributed by atoms with E-state index < -0.39 is 5.54 Å². The van der Waals surface area contributed by atoms with Crippen LogP contribution in [0.4, 0.5) is 11.4 Å². The fourth-order valence-electron chi connectivity index (χ4n) is 4.03. The van der Waals surface area contributed by atoms with Crippen LogP contribution in [0.25, 0.3) is 0 Å². The van der Waals surface area contributed by atoms with E-state index in [0.29, 0.717) is 23.4 Å². The van der Waals surface area contributed by atoms with E-state index >= 15 is 0 Å². The van der Waals surface area contributed by atoms with Gasteiger partial charge in [0.2, 0.25) is 11.8 Å². The minimum atomic E-state index is -0.425. The van der Waals surface area contributed by atoms with Gasteiger partial charge < -0.3 is 14.1 Å². The first-order valence-corrected chi connectivity index (χ1v) is 7.99. The highest BCUT2D eigenvalue weighted by atomic mass is 16.6. The van der Waals surface area contributed by atoms with Crippen molar-refractivity contribution in [2.75, 3.05) is 18.6 Å². The predicted octanol–water partition coefficient (Wildman–Crippen LogP) is 2.64. The Bertz CT molecular complexity index is 777. The number of hydrogen-bond donors (Lipinski definition) is 0. The molecule has 1 aromatic carbocycles. The molecule has 2 aromatic rings. The molecule has 2 heterocycles. The van der Waals surface area contributed by atoms with Crippen LogP contribution in [0.15, 0.2) is 28.7 Å². The van der Waals surface area contributed by atoms with E-state index in [-0.39, 0.29) is 17.2 Å². The molecule has 1 aromatic heterocycles. The zero-order chi connectivity index (χ0) is 16.7. The molecule has 0 radical (unpaired) electrons. The summed E-state index contributed by atoms with van der Waals surface area (Å²) in [4.78, 5) is 13.2. The maximum atomic E-state index is 11.4. The van der Waals surface area contributed by atoms with Crippen LogP contribution in [0, 0.1) is 16.0 Å². The molecule has 126 valence electrons. The van der Waals surface area contributed by atoms with Crippen LogP contribution in [0.2, 0.25) is 0 Å². The van der Waals surface area contributed by atoms with Crippen LogP contribution in [0.1, 0.15) is 31.0 Å². The molecule has 0 N–H and O–H groups in total. The summed E-state index contributed by atoms with van der Waals surface area (Å²) in [6, 6.07) is 6.85. The number of aromatic nitrogens is 2. The average molecular weight is 330 g/mol. The Morgan fingerprint density at radius 2 is 2.25 bits per heavy atom. The highest BCUT2D eigenvalue weighted by Gasteiger charge is 2.60. The quantitative estimate of drug-likeness (QED) is 0.614. The molecule has 1 saturated carbocycles. The molecule has 0 unspecified atom stereocenters. The molecule has 1 aliphatic carbocycles. The molecular weight excluding hydrogens is 312 g/mol. The van der Waals surface area contributed by atoms with Gasteiger partial charge in [0.25, 0.3) is 5.69 Å². The number of para-hydroxylation sites is 2. The molecule has 0 spiro atoms. The lowest BCUT2D eigenvalue weighted by Gasteiger charge is -2.47. The van der Waals surface area contributed by atoms with E-state index in [0.717, 1.165) is 25.8 Å². The summed E-state index contributed by atoms with van der Waals surface area (Å²) >= 11 is 0. The summed E-state index contributed by atoms with van der Waals surface area (Å²) in [5, 5.41) is 19.7. The molecule has 0 amide bonds. The first-order chi connectivity index (χ1) is 11.7. The van der Waals surface area contributed by atoms with E-state index in [1.807, 2.05) is 6.07 Å². The van der Waals surface area contributed by atoms with Crippen molar-refractivity contribution < 1.29 is 14.1 Å². The van der Waals surface area contributed by atoms with Crippen molar-refractivity contribution in [1.82, 2.24) is 10.2 Å². The SMILES string of the molecule is COCc1nnc([C@]23CC[C@H]2CCN3c2ccccc2[N+](=O)[O-])o1. The van der Waals surface area contributed by atoms with Gasteiger partial charge in [0, 0.05) is 19.7 Å². The van der Waals surface area contributed by atoms with Gasteiger partial charge in [0.05, 0.1) is 4.92 Å². The lowest BCUT2D eigenvalue weighted by Crippen LogP contribution is -2.52. The van der Waals surface area contributed by atoms with Crippen LogP contribution in [0.5, 0.6) is 0 Å². The normalized spacial score (nSPS) is 25.4. The summed E-state index contributed by atoms with van der Waals surface area (Å²) in [6.45, 7) is 1.01. The fraction of sp³-hybridized carbons (Fsp3) is 0.500. The van der Waals surface area contributed by atoms with Gasteiger partial charge in [0.1, 0.15) is 17.8 Å². The third-order valence-corrected chi connectivity index (χ3v) is 5.21. The van der Waals surface area contributed by atoms with Crippen molar-refractivity contribution in [2.45, 2.75) is 31.4 Å². The Morgan fingerprint density at radius 1 is 1.42 bits per heavy atom. The Kier molecular flexibility index (Phi) is 3.49. The van der Waals surface area contributed by atoms with E-state index in [2.05, 4.69) is 15.1 Å². The number of fused-ring (bicyclic) bond motifs is 1. The maximum absolute atomic E-state index is 11.4. The van der Waals surface area contributed by atoms with E-state index in [1.54, 1.807) is 25.3 Å². The highest BCUT2D eigenvalue weighted by molar-refractivity contribution is 5.66. The fourth-order valence-corrected chi connectivity index (χ4v) is 4.03. The maximum Gasteiger partial charge on any atom is 0.292 e. The number of nitro benzene ring substituents is 1. The van der Waals surface area contributed by atoms with Gasteiger partial charge in [-0.25, -0.2) is 0 Å². The Balaban J connectivity index is 1.77. The minimum Gasteiger partial charge on any atom is -0.420 e. The summed E-state index contributed by atoms with van der Waals surface area (Å²) in [7, 11) is 1.57. The monoisotopic (exact) mass is 330 g/mol. The lowest BCUT2D eigenvalue weighted by molar-refractivity contribution is -0.384. The number of benzene rings is 1. The minimum absolute atomic E-state index is 0.112. The van der Waals surface area contributed by atoms with Gasteiger partial charge in [0.15, 0.2) is 0 Å². The zero-order valence-corrected chi connectivity index (χ0v) is 13.3. The second-order valence-electron chi connectivity index (χ2n) is 6.28. The van der Waals surface area contributed by atoms with Crippen molar-refractivity contribution in [2.24, 2.45) is 5.92 Å². The van der Waals surface area contributed by atoms with Gasteiger partial charge in [-0.15, -0.1) is 10.2 Å². The number of rotatable bonds is 5. The van der Waals surface area contributed by atoms with Crippen LogP contribution in [0.3, 0.4) is 0 Å². The molecule has 1 saturated heterocycles. The number of anilines is 1. The van der Waals surface area contributed by atoms with Crippen molar-refractivity contribution in [3.8, 4) is 0 Å². The molecule has 0 bridgehead atoms. The Morgan fingerprint density at radius 3 is 2.96 bits per heavy atom. The zero-order valence-electron chi connectivity index (χ0n) is 13.3. The average Bonchev–Trinajstić information content (AvgIpc) is 3.11. The van der Waals surface area contributed by atoms with E-state index in [1.165, 1.54) is 0 Å². The standard InChI is InChI=1S/C16H18N4O4/c1-23-10-14-17-18-15(24-14)16-8-6-11(16)7-9-19(16)12-4-2-3-5-13(12)20(21)22/h2-5,11H,6-10H2,1H3/t11-,16-/m0/s1. The molecular formula is C16H18N4O4. The van der Waals surface area contributed by atoms with Crippen LogP contribution < -0.4 is 4.90 Å². The summed E-state index contributed by atoms with van der Waals surface area (Å²) < 4.78 is 10.9. The molecule has 2 atom stereocenters. The van der Waals surface area contributed by atoms with E-state index in [9.17, 15) is 10.1 Å².